The topological polar surface area (TPSA) is 68.0 Å². The summed E-state index contributed by atoms with van der Waals surface area (Å²) in [6.07, 6.45) is 3.06. The first-order valence-corrected chi connectivity index (χ1v) is 2.75. The molecule has 0 aliphatic rings. The number of hydrazine groups is 1. The molecule has 1 aromatic rings. The van der Waals surface area contributed by atoms with Gasteiger partial charge in [0.2, 0.25) is 0 Å². The Labute approximate surface area is 86.5 Å². The molecular weight excluding hydrogens is 153 g/mol. The van der Waals surface area contributed by atoms with Gasteiger partial charge in [0, 0.05) is 18.0 Å². The van der Waals surface area contributed by atoms with Crippen LogP contribution in [-0.4, -0.2) is 40.4 Å². The first-order chi connectivity index (χ1) is 4.84. The molecule has 5 heteroatoms. The molecule has 1 amide bonds. The molecule has 4 nitrogen and oxygen atoms in total. The Bertz CT molecular complexity index is 227. The molecule has 1 heterocycles. The molecule has 0 fully saturated rings. The van der Waals surface area contributed by atoms with Crippen LogP contribution in [0, 0.1) is 0 Å². The third-order valence-electron chi connectivity index (χ3n) is 1.07. The number of carbonyl (C=O) groups is 1. The van der Waals surface area contributed by atoms with Gasteiger partial charge in [-0.3, -0.25) is 15.2 Å². The first-order valence-electron chi connectivity index (χ1n) is 2.75. The van der Waals surface area contributed by atoms with Crippen molar-refractivity contribution in [3.05, 3.63) is 30.1 Å². The Kier molecular flexibility index (Phi) is 5.06. The van der Waals surface area contributed by atoms with Crippen molar-refractivity contribution < 1.29 is 4.79 Å². The Morgan fingerprint density at radius 1 is 1.45 bits per heavy atom. The van der Waals surface area contributed by atoms with Gasteiger partial charge in [-0.2, -0.15) is 0 Å². The number of nitrogens with two attached hydrogens (primary N) is 1. The van der Waals surface area contributed by atoms with Crippen molar-refractivity contribution in [2.75, 3.05) is 0 Å². The molecule has 0 spiro atoms. The normalized spacial score (nSPS) is 8.09. The molecule has 0 saturated heterocycles. The van der Waals surface area contributed by atoms with Gasteiger partial charge in [-0.15, -0.1) is 0 Å². The van der Waals surface area contributed by atoms with E-state index >= 15 is 0 Å². The number of amides is 1. The van der Waals surface area contributed by atoms with Crippen molar-refractivity contribution in [1.29, 1.82) is 0 Å². The fourth-order valence-electron chi connectivity index (χ4n) is 0.587. The molecule has 0 aliphatic heterocycles. The van der Waals surface area contributed by atoms with E-state index in [1.54, 1.807) is 12.1 Å². The number of pyridine rings is 1. The quantitative estimate of drug-likeness (QED) is 0.241. The van der Waals surface area contributed by atoms with Crippen molar-refractivity contribution in [3.8, 4) is 0 Å². The average Bonchev–Trinajstić information content (AvgIpc) is 2.05. The Morgan fingerprint density at radius 2 is 2.00 bits per heavy atom. The van der Waals surface area contributed by atoms with Crippen LogP contribution < -0.4 is 11.3 Å². The number of aromatic nitrogens is 1. The molecule has 0 aliphatic carbocycles. The second-order valence-electron chi connectivity index (χ2n) is 1.71. The number of rotatable bonds is 1. The molecule has 0 atom stereocenters. The van der Waals surface area contributed by atoms with E-state index < -0.39 is 0 Å². The number of carbonyl (C=O) groups excluding carboxylic acids is 1. The third kappa shape index (κ3) is 2.98. The van der Waals surface area contributed by atoms with E-state index in [0.29, 0.717) is 5.56 Å². The summed E-state index contributed by atoms with van der Waals surface area (Å²) < 4.78 is 0. The standard InChI is InChI=1S/C6H7N3O.Na.H/c7-9-6(10)5-1-3-8-4-2-5;;/h1-4H,7H2,(H,9,10);;. The molecule has 54 valence electrons. The van der Waals surface area contributed by atoms with E-state index in [-0.39, 0.29) is 35.5 Å². The Morgan fingerprint density at radius 3 is 2.45 bits per heavy atom. The van der Waals surface area contributed by atoms with E-state index in [1.165, 1.54) is 12.4 Å². The van der Waals surface area contributed by atoms with Crippen LogP contribution in [0.15, 0.2) is 24.5 Å². The number of nitrogens with zero attached hydrogens (tertiary/aromatic N) is 1. The molecule has 1 rings (SSSR count). The minimum atomic E-state index is -0.303. The number of hydrogen-bond donors (Lipinski definition) is 2. The maximum absolute atomic E-state index is 10.7. The van der Waals surface area contributed by atoms with Gasteiger partial charge < -0.3 is 0 Å². The second kappa shape index (κ2) is 5.26. The predicted molar refractivity (Wildman–Crippen MR) is 43.0 cm³/mol. The summed E-state index contributed by atoms with van der Waals surface area (Å²) in [7, 11) is 0. The van der Waals surface area contributed by atoms with Crippen molar-refractivity contribution in [1.82, 2.24) is 10.4 Å². The van der Waals surface area contributed by atoms with E-state index in [1.807, 2.05) is 5.43 Å². The van der Waals surface area contributed by atoms with E-state index in [4.69, 9.17) is 5.84 Å². The molecule has 11 heavy (non-hydrogen) atoms. The summed E-state index contributed by atoms with van der Waals surface area (Å²) >= 11 is 0. The minimum absolute atomic E-state index is 0. The van der Waals surface area contributed by atoms with Gasteiger partial charge in [0.15, 0.2) is 0 Å². The zero-order chi connectivity index (χ0) is 7.40. The fourth-order valence-corrected chi connectivity index (χ4v) is 0.587. The zero-order valence-electron chi connectivity index (χ0n) is 5.24. The van der Waals surface area contributed by atoms with E-state index in [9.17, 15) is 4.79 Å². The molecule has 1 aromatic heterocycles. The molecule has 0 unspecified atom stereocenters. The monoisotopic (exact) mass is 161 g/mol. The number of nitrogen functional groups attached to an aromatic ring is 1. The van der Waals surface area contributed by atoms with Crippen molar-refractivity contribution in [3.63, 3.8) is 0 Å². The van der Waals surface area contributed by atoms with Gasteiger partial charge in [-0.1, -0.05) is 0 Å². The summed E-state index contributed by atoms with van der Waals surface area (Å²) in [5, 5.41) is 0. The van der Waals surface area contributed by atoms with Gasteiger partial charge in [0.25, 0.3) is 5.91 Å². The van der Waals surface area contributed by atoms with Crippen LogP contribution in [0.1, 0.15) is 10.4 Å². The van der Waals surface area contributed by atoms with Crippen LogP contribution in [0.3, 0.4) is 0 Å². The molecule has 3 N–H and O–H groups in total. The van der Waals surface area contributed by atoms with Gasteiger partial charge in [0.1, 0.15) is 0 Å². The summed E-state index contributed by atoms with van der Waals surface area (Å²) in [6, 6.07) is 3.17. The van der Waals surface area contributed by atoms with Crippen molar-refractivity contribution in [2.45, 2.75) is 0 Å². The zero-order valence-corrected chi connectivity index (χ0v) is 5.24. The molecule has 0 bridgehead atoms. The molecule has 0 radical (unpaired) electrons. The van der Waals surface area contributed by atoms with Crippen LogP contribution in [0.25, 0.3) is 0 Å². The Hall–Kier alpha value is -0.420. The van der Waals surface area contributed by atoms with Gasteiger partial charge in [0.05, 0.1) is 0 Å². The van der Waals surface area contributed by atoms with Gasteiger partial charge >= 0.3 is 29.6 Å². The molecule has 0 aromatic carbocycles. The van der Waals surface area contributed by atoms with Gasteiger partial charge in [-0.05, 0) is 12.1 Å². The van der Waals surface area contributed by atoms with Gasteiger partial charge in [-0.25, -0.2) is 5.84 Å². The van der Waals surface area contributed by atoms with Crippen LogP contribution in [0.4, 0.5) is 0 Å². The molecule has 0 saturated carbocycles. The Balaban J connectivity index is 0.000001000. The maximum atomic E-state index is 10.7. The first kappa shape index (κ1) is 10.6. The number of nitrogens with one attached hydrogen (secondary N) is 1. The summed E-state index contributed by atoms with van der Waals surface area (Å²) in [4.78, 5) is 14.5. The number of hydrogen-bond acceptors (Lipinski definition) is 3. The molecular formula is C6H8N3NaO. The summed E-state index contributed by atoms with van der Waals surface area (Å²) in [5.74, 6) is 4.58. The summed E-state index contributed by atoms with van der Waals surface area (Å²) in [5.41, 5.74) is 2.53. The van der Waals surface area contributed by atoms with Crippen LogP contribution in [0.2, 0.25) is 0 Å². The van der Waals surface area contributed by atoms with Crippen LogP contribution in [-0.2, 0) is 0 Å². The van der Waals surface area contributed by atoms with Crippen molar-refractivity contribution >= 4 is 35.5 Å². The average molecular weight is 161 g/mol. The fraction of sp³-hybridized carbons (Fsp3) is 0. The second-order valence-corrected chi connectivity index (χ2v) is 1.71. The van der Waals surface area contributed by atoms with Crippen molar-refractivity contribution in [2.24, 2.45) is 5.84 Å². The van der Waals surface area contributed by atoms with E-state index in [0.717, 1.165) is 0 Å². The van der Waals surface area contributed by atoms with E-state index in [2.05, 4.69) is 4.98 Å². The third-order valence-corrected chi connectivity index (χ3v) is 1.07. The predicted octanol–water partition coefficient (Wildman–Crippen LogP) is -0.963. The van der Waals surface area contributed by atoms with Crippen LogP contribution in [0.5, 0.6) is 0 Å². The SMILES string of the molecule is NNC(=O)c1ccncc1.[NaH]. The summed E-state index contributed by atoms with van der Waals surface area (Å²) in [6.45, 7) is 0. The van der Waals surface area contributed by atoms with Crippen LogP contribution >= 0.6 is 0 Å².